The molecule has 0 atom stereocenters. The first-order chi connectivity index (χ1) is 23.6. The molecule has 0 fully saturated rings. The Morgan fingerprint density at radius 1 is 0.562 bits per heavy atom. The summed E-state index contributed by atoms with van der Waals surface area (Å²) in [4.78, 5) is 0. The molecular formula is C47H40Zr. The van der Waals surface area contributed by atoms with E-state index in [1.165, 1.54) is 93.5 Å². The van der Waals surface area contributed by atoms with E-state index in [0.29, 0.717) is 0 Å². The van der Waals surface area contributed by atoms with Gasteiger partial charge in [-0.25, -0.2) is 6.08 Å². The fraction of sp³-hybridized carbons (Fsp3) is 0.106. The van der Waals surface area contributed by atoms with Crippen LogP contribution in [-0.4, -0.2) is 3.21 Å². The van der Waals surface area contributed by atoms with E-state index in [1.54, 1.807) is 0 Å². The van der Waals surface area contributed by atoms with Crippen molar-refractivity contribution < 1.29 is 24.2 Å². The van der Waals surface area contributed by atoms with Gasteiger partial charge in [0.15, 0.2) is 0 Å². The van der Waals surface area contributed by atoms with Crippen LogP contribution in [0.15, 0.2) is 170 Å². The van der Waals surface area contributed by atoms with Crippen LogP contribution in [0.1, 0.15) is 53.6 Å². The monoisotopic (exact) mass is 694 g/mol. The molecule has 7 aromatic carbocycles. The molecule has 48 heavy (non-hydrogen) atoms. The maximum absolute atomic E-state index is 3.32. The molecule has 1 aliphatic carbocycles. The quantitative estimate of drug-likeness (QED) is 0.152. The molecule has 0 N–H and O–H groups in total. The van der Waals surface area contributed by atoms with Crippen LogP contribution in [0.3, 0.4) is 0 Å². The Morgan fingerprint density at radius 2 is 1.00 bits per heavy atom. The van der Waals surface area contributed by atoms with Crippen LogP contribution in [0, 0.1) is 6.08 Å². The van der Waals surface area contributed by atoms with Crippen LogP contribution in [0.5, 0.6) is 0 Å². The Balaban J connectivity index is 0.000000126. The molecule has 0 aliphatic heterocycles. The van der Waals surface area contributed by atoms with E-state index in [2.05, 4.69) is 190 Å². The Kier molecular flexibility index (Phi) is 11.5. The van der Waals surface area contributed by atoms with Crippen molar-refractivity contribution >= 4 is 35.9 Å². The first kappa shape index (κ1) is 33.3. The number of hydrogen-bond donors (Lipinski definition) is 0. The second-order valence-corrected chi connectivity index (χ2v) is 13.2. The minimum atomic E-state index is 0.911. The summed E-state index contributed by atoms with van der Waals surface area (Å²) in [6, 6.07) is 58.2. The van der Waals surface area contributed by atoms with Crippen molar-refractivity contribution in [2.24, 2.45) is 0 Å². The topological polar surface area (TPSA) is 0 Å². The fourth-order valence-corrected chi connectivity index (χ4v) is 6.97. The molecule has 0 unspecified atom stereocenters. The van der Waals surface area contributed by atoms with Gasteiger partial charge in [0.1, 0.15) is 0 Å². The van der Waals surface area contributed by atoms with Gasteiger partial charge in [0.2, 0.25) is 0 Å². The van der Waals surface area contributed by atoms with Gasteiger partial charge < -0.3 is 0 Å². The van der Waals surface area contributed by atoms with E-state index < -0.39 is 0 Å². The molecule has 0 bridgehead atoms. The molecular weight excluding hydrogens is 656 g/mol. The number of hydrogen-bond acceptors (Lipinski definition) is 0. The van der Waals surface area contributed by atoms with Gasteiger partial charge in [-0.05, 0) is 18.4 Å². The first-order valence-corrected chi connectivity index (χ1v) is 18.1. The summed E-state index contributed by atoms with van der Waals surface area (Å²) in [5.41, 5.74) is 10.7. The summed E-state index contributed by atoms with van der Waals surface area (Å²) in [7, 11) is 0. The minimum absolute atomic E-state index is 0.911. The van der Waals surface area contributed by atoms with E-state index >= 15 is 0 Å². The third-order valence-electron chi connectivity index (χ3n) is 8.83. The molecule has 0 nitrogen and oxygen atoms in total. The average Bonchev–Trinajstić information content (AvgIpc) is 3.81. The molecule has 0 spiro atoms. The van der Waals surface area contributed by atoms with Gasteiger partial charge in [0.25, 0.3) is 0 Å². The molecule has 232 valence electrons. The molecule has 0 saturated heterocycles. The number of rotatable bonds is 6. The molecule has 1 aliphatic rings. The summed E-state index contributed by atoms with van der Waals surface area (Å²) in [6.07, 6.45) is 8.56. The number of allylic oxidation sites excluding steroid dienone is 4. The van der Waals surface area contributed by atoms with Crippen LogP contribution < -0.4 is 0 Å². The van der Waals surface area contributed by atoms with Crippen molar-refractivity contribution in [3.8, 4) is 0 Å². The molecule has 0 heterocycles. The first-order valence-electron chi connectivity index (χ1n) is 16.9. The third-order valence-corrected chi connectivity index (χ3v) is 10.3. The Bertz CT molecular complexity index is 2050. The average molecular weight is 696 g/mol. The van der Waals surface area contributed by atoms with Crippen molar-refractivity contribution in [1.82, 2.24) is 0 Å². The van der Waals surface area contributed by atoms with E-state index in [4.69, 9.17) is 0 Å². The number of benzene rings is 6. The molecule has 1 heteroatoms. The van der Waals surface area contributed by atoms with Gasteiger partial charge in [0, 0.05) is 0 Å². The third kappa shape index (κ3) is 8.10. The normalized spacial score (nSPS) is 12.0. The Morgan fingerprint density at radius 3 is 1.46 bits per heavy atom. The second kappa shape index (κ2) is 16.5. The zero-order chi connectivity index (χ0) is 33.1. The summed E-state index contributed by atoms with van der Waals surface area (Å²) in [6.45, 7) is 4.41. The van der Waals surface area contributed by atoms with Crippen LogP contribution in [0.25, 0.3) is 32.7 Å². The zero-order valence-electron chi connectivity index (χ0n) is 27.8. The summed E-state index contributed by atoms with van der Waals surface area (Å²) in [5, 5.41) is 5.54. The summed E-state index contributed by atoms with van der Waals surface area (Å²) < 4.78 is 1.42. The molecule has 0 radical (unpaired) electrons. The van der Waals surface area contributed by atoms with Gasteiger partial charge >= 0.3 is 99.2 Å². The van der Waals surface area contributed by atoms with Crippen molar-refractivity contribution in [3.05, 3.63) is 209 Å². The van der Waals surface area contributed by atoms with Crippen molar-refractivity contribution in [3.63, 3.8) is 0 Å². The van der Waals surface area contributed by atoms with Crippen molar-refractivity contribution in [2.75, 3.05) is 0 Å². The van der Waals surface area contributed by atoms with Crippen LogP contribution in [-0.2, 0) is 37.1 Å². The van der Waals surface area contributed by atoms with Gasteiger partial charge in [-0.3, -0.25) is 6.08 Å². The number of aryl methyl sites for hydroxylation is 2. The van der Waals surface area contributed by atoms with Crippen molar-refractivity contribution in [2.45, 2.75) is 33.1 Å². The van der Waals surface area contributed by atoms with E-state index in [1.807, 2.05) is 0 Å². The van der Waals surface area contributed by atoms with Gasteiger partial charge in [-0.2, -0.15) is 5.57 Å². The van der Waals surface area contributed by atoms with Gasteiger partial charge in [-0.15, -0.1) is 57.3 Å². The standard InChI is InChI=1S/C17H17.C17H13.C13H10.Zr/c1-3-12-5-7-16-14(9-12)11-15-10-13(4-2)6-8-17(15)16;1-3-8-14(9-4-1)16-12-7-13-17(16)15-10-5-2-6-11-15;1-3-7-12(8-4-1)11-13-9-5-2-6-10-13;/h5-11H,3-4H2,1-2H3;1-6,8-12H,13H2;1-10H;/q2*-1;;+2. The van der Waals surface area contributed by atoms with Gasteiger partial charge in [0.05, 0.1) is 0 Å². The SMILES string of the molecule is CCc1ccc2c(c1)[cH-]c1cc(CC)ccc12.[C-]1=CC(c2ccccc2)=C(c2ccccc2)C1.[Zr+2]=[C](c1ccccc1)c1ccccc1. The number of fused-ring (bicyclic) bond motifs is 3. The van der Waals surface area contributed by atoms with Crippen molar-refractivity contribution in [1.29, 1.82) is 0 Å². The molecule has 0 amide bonds. The van der Waals surface area contributed by atoms with Crippen LogP contribution in [0.4, 0.5) is 0 Å². The van der Waals surface area contributed by atoms with Crippen LogP contribution >= 0.6 is 0 Å². The maximum atomic E-state index is 3.32. The molecule has 8 rings (SSSR count). The van der Waals surface area contributed by atoms with E-state index in [-0.39, 0.29) is 0 Å². The predicted octanol–water partition coefficient (Wildman–Crippen LogP) is 12.0. The Hall–Kier alpha value is -4.58. The molecule has 0 saturated carbocycles. The summed E-state index contributed by atoms with van der Waals surface area (Å²) in [5.74, 6) is 0. The summed E-state index contributed by atoms with van der Waals surface area (Å²) >= 11 is 1.46. The van der Waals surface area contributed by atoms with Crippen LogP contribution in [0.2, 0.25) is 0 Å². The molecule has 0 aromatic heterocycles. The van der Waals surface area contributed by atoms with E-state index in [0.717, 1.165) is 19.3 Å². The second-order valence-electron chi connectivity index (χ2n) is 12.0. The van der Waals surface area contributed by atoms with Gasteiger partial charge in [-0.1, -0.05) is 110 Å². The molecule has 7 aromatic rings. The predicted molar refractivity (Wildman–Crippen MR) is 204 cm³/mol. The van der Waals surface area contributed by atoms with E-state index in [9.17, 15) is 0 Å². The zero-order valence-corrected chi connectivity index (χ0v) is 30.2. The fourth-order valence-electron chi connectivity index (χ4n) is 6.15. The Labute approximate surface area is 300 Å².